The highest BCUT2D eigenvalue weighted by Crippen LogP contribution is 2.21. The molecule has 1 aromatic heterocycles. The lowest BCUT2D eigenvalue weighted by atomic mass is 10.0. The van der Waals surface area contributed by atoms with E-state index in [0.29, 0.717) is 25.1 Å². The Morgan fingerprint density at radius 1 is 1.11 bits per heavy atom. The molecule has 0 radical (unpaired) electrons. The van der Waals surface area contributed by atoms with E-state index in [1.165, 1.54) is 22.5 Å². The van der Waals surface area contributed by atoms with Crippen molar-refractivity contribution in [2.24, 2.45) is 0 Å². The van der Waals surface area contributed by atoms with Crippen molar-refractivity contribution in [3.05, 3.63) is 94.9 Å². The summed E-state index contributed by atoms with van der Waals surface area (Å²) in [5, 5.41) is 3.15. The summed E-state index contributed by atoms with van der Waals surface area (Å²) in [6.45, 7) is 10.0. The van der Waals surface area contributed by atoms with Gasteiger partial charge in [-0.3, -0.25) is 9.36 Å². The monoisotopic (exact) mass is 376 g/mol. The lowest BCUT2D eigenvalue weighted by Crippen LogP contribution is -2.28. The number of allylic oxidation sites excluding steroid dienone is 1. The van der Waals surface area contributed by atoms with Crippen molar-refractivity contribution in [2.45, 2.75) is 31.5 Å². The van der Waals surface area contributed by atoms with Crippen molar-refractivity contribution >= 4 is 22.5 Å². The standard InChI is InChI=1S/C23H24N2OS/c1-4-13-25-22(26)20(6-3)21(24-23(25)27-14-5-2)16-17-11-12-18-9-7-8-10-19(18)15-17/h4-5,7-12,15H,1-2,6,13-14,16H2,3H3. The molecule has 0 unspecified atom stereocenters. The summed E-state index contributed by atoms with van der Waals surface area (Å²) >= 11 is 1.53. The highest BCUT2D eigenvalue weighted by molar-refractivity contribution is 7.99. The first kappa shape index (κ1) is 19.2. The highest BCUT2D eigenvalue weighted by Gasteiger charge is 2.15. The SMILES string of the molecule is C=CCSc1nc(Cc2ccc3ccccc3c2)c(CC)c(=O)n1CC=C. The summed E-state index contributed by atoms with van der Waals surface area (Å²) in [7, 11) is 0. The minimum Gasteiger partial charge on any atom is -0.284 e. The van der Waals surface area contributed by atoms with Gasteiger partial charge < -0.3 is 0 Å². The highest BCUT2D eigenvalue weighted by atomic mass is 32.2. The molecule has 0 spiro atoms. The number of hydrogen-bond donors (Lipinski definition) is 0. The quantitative estimate of drug-likeness (QED) is 0.315. The Balaban J connectivity index is 2.06. The lowest BCUT2D eigenvalue weighted by Gasteiger charge is -2.15. The van der Waals surface area contributed by atoms with Crippen LogP contribution < -0.4 is 5.56 Å². The van der Waals surface area contributed by atoms with Gasteiger partial charge in [0, 0.05) is 24.3 Å². The molecule has 1 heterocycles. The van der Waals surface area contributed by atoms with Gasteiger partial charge in [-0.25, -0.2) is 4.98 Å². The Labute approximate surface area is 164 Å². The van der Waals surface area contributed by atoms with Gasteiger partial charge in [-0.2, -0.15) is 0 Å². The van der Waals surface area contributed by atoms with Crippen LogP contribution in [0.3, 0.4) is 0 Å². The molecule has 2 aromatic carbocycles. The van der Waals surface area contributed by atoms with E-state index in [2.05, 4.69) is 43.5 Å². The predicted octanol–water partition coefficient (Wildman–Crippen LogP) is 5.01. The fraction of sp³-hybridized carbons (Fsp3) is 0.217. The van der Waals surface area contributed by atoms with E-state index >= 15 is 0 Å². The Morgan fingerprint density at radius 2 is 1.89 bits per heavy atom. The van der Waals surface area contributed by atoms with Gasteiger partial charge in [-0.05, 0) is 22.8 Å². The topological polar surface area (TPSA) is 34.9 Å². The fourth-order valence-corrected chi connectivity index (χ4v) is 3.95. The second-order valence-electron chi connectivity index (χ2n) is 6.34. The number of benzene rings is 2. The van der Waals surface area contributed by atoms with Crippen molar-refractivity contribution in [1.29, 1.82) is 0 Å². The zero-order valence-corrected chi connectivity index (χ0v) is 16.5. The summed E-state index contributed by atoms with van der Waals surface area (Å²) in [6.07, 6.45) is 4.88. The molecule has 0 aliphatic rings. The summed E-state index contributed by atoms with van der Waals surface area (Å²) < 4.78 is 1.71. The number of rotatable bonds is 8. The number of thioether (sulfide) groups is 1. The first-order valence-electron chi connectivity index (χ1n) is 9.12. The molecule has 4 heteroatoms. The van der Waals surface area contributed by atoms with E-state index in [1.807, 2.05) is 25.1 Å². The minimum atomic E-state index is 0.0368. The molecular formula is C23H24N2OS. The second-order valence-corrected chi connectivity index (χ2v) is 7.32. The van der Waals surface area contributed by atoms with Crippen LogP contribution in [0.2, 0.25) is 0 Å². The Bertz CT molecular complexity index is 1040. The van der Waals surface area contributed by atoms with Gasteiger partial charge in [0.15, 0.2) is 5.16 Å². The number of aromatic nitrogens is 2. The van der Waals surface area contributed by atoms with E-state index < -0.39 is 0 Å². The first-order valence-corrected chi connectivity index (χ1v) is 10.1. The molecule has 3 rings (SSSR count). The summed E-state index contributed by atoms with van der Waals surface area (Å²) in [5.74, 6) is 0.713. The van der Waals surface area contributed by atoms with Crippen molar-refractivity contribution < 1.29 is 0 Å². The summed E-state index contributed by atoms with van der Waals surface area (Å²) in [6, 6.07) is 14.7. The normalized spacial score (nSPS) is 10.9. The molecule has 0 N–H and O–H groups in total. The Kier molecular flexibility index (Phi) is 6.30. The molecule has 3 aromatic rings. The van der Waals surface area contributed by atoms with Gasteiger partial charge in [0.1, 0.15) is 0 Å². The van der Waals surface area contributed by atoms with Crippen molar-refractivity contribution in [1.82, 2.24) is 9.55 Å². The first-order chi connectivity index (χ1) is 13.2. The van der Waals surface area contributed by atoms with Crippen molar-refractivity contribution in [3.8, 4) is 0 Å². The molecule has 3 nitrogen and oxygen atoms in total. The fourth-order valence-electron chi connectivity index (χ4n) is 3.19. The van der Waals surface area contributed by atoms with Crippen LogP contribution in [0.25, 0.3) is 10.8 Å². The molecule has 0 saturated carbocycles. The average molecular weight is 377 g/mol. The third kappa shape index (κ3) is 4.22. The van der Waals surface area contributed by atoms with E-state index in [-0.39, 0.29) is 5.56 Å². The van der Waals surface area contributed by atoms with Crippen LogP contribution >= 0.6 is 11.8 Å². The van der Waals surface area contributed by atoms with Crippen LogP contribution in [-0.4, -0.2) is 15.3 Å². The molecule has 0 saturated heterocycles. The van der Waals surface area contributed by atoms with Crippen molar-refractivity contribution in [2.75, 3.05) is 5.75 Å². The van der Waals surface area contributed by atoms with Gasteiger partial charge >= 0.3 is 0 Å². The molecule has 0 amide bonds. The van der Waals surface area contributed by atoms with E-state index in [1.54, 1.807) is 10.6 Å². The summed E-state index contributed by atoms with van der Waals surface area (Å²) in [5.41, 5.74) is 2.85. The molecule has 0 aliphatic heterocycles. The van der Waals surface area contributed by atoms with Crippen LogP contribution in [0, 0.1) is 0 Å². The van der Waals surface area contributed by atoms with Gasteiger partial charge in [0.25, 0.3) is 5.56 Å². The predicted molar refractivity (Wildman–Crippen MR) is 116 cm³/mol. The van der Waals surface area contributed by atoms with Crippen LogP contribution in [0.4, 0.5) is 0 Å². The number of fused-ring (bicyclic) bond motifs is 1. The van der Waals surface area contributed by atoms with Crippen LogP contribution in [0.1, 0.15) is 23.7 Å². The van der Waals surface area contributed by atoms with Gasteiger partial charge in [0.2, 0.25) is 0 Å². The minimum absolute atomic E-state index is 0.0368. The zero-order valence-electron chi connectivity index (χ0n) is 15.6. The molecule has 0 fully saturated rings. The van der Waals surface area contributed by atoms with Gasteiger partial charge in [-0.15, -0.1) is 13.2 Å². The number of hydrogen-bond acceptors (Lipinski definition) is 3. The largest absolute Gasteiger partial charge is 0.284 e. The molecular weight excluding hydrogens is 352 g/mol. The maximum Gasteiger partial charge on any atom is 0.257 e. The Hall–Kier alpha value is -2.59. The maximum absolute atomic E-state index is 13.0. The smallest absolute Gasteiger partial charge is 0.257 e. The zero-order chi connectivity index (χ0) is 19.2. The number of nitrogens with zero attached hydrogens (tertiary/aromatic N) is 2. The van der Waals surface area contributed by atoms with Crippen molar-refractivity contribution in [3.63, 3.8) is 0 Å². The molecule has 0 aliphatic carbocycles. The van der Waals surface area contributed by atoms with Gasteiger partial charge in [-0.1, -0.05) is 73.3 Å². The van der Waals surface area contributed by atoms with E-state index in [0.717, 1.165) is 22.0 Å². The summed E-state index contributed by atoms with van der Waals surface area (Å²) in [4.78, 5) is 17.9. The van der Waals surface area contributed by atoms with E-state index in [9.17, 15) is 4.79 Å². The maximum atomic E-state index is 13.0. The van der Waals surface area contributed by atoms with Crippen LogP contribution in [0.15, 0.2) is 77.7 Å². The Morgan fingerprint density at radius 3 is 2.59 bits per heavy atom. The lowest BCUT2D eigenvalue weighted by molar-refractivity contribution is 0.633. The molecule has 0 atom stereocenters. The molecule has 27 heavy (non-hydrogen) atoms. The van der Waals surface area contributed by atoms with E-state index in [4.69, 9.17) is 4.98 Å². The molecule has 138 valence electrons. The third-order valence-electron chi connectivity index (χ3n) is 4.49. The van der Waals surface area contributed by atoms with Crippen LogP contribution in [0.5, 0.6) is 0 Å². The third-order valence-corrected chi connectivity index (χ3v) is 5.47. The second kappa shape index (κ2) is 8.87. The molecule has 0 bridgehead atoms. The average Bonchev–Trinajstić information content (AvgIpc) is 2.69. The van der Waals surface area contributed by atoms with Gasteiger partial charge in [0.05, 0.1) is 5.69 Å². The van der Waals surface area contributed by atoms with Crippen LogP contribution in [-0.2, 0) is 19.4 Å².